The van der Waals surface area contributed by atoms with E-state index < -0.39 is 5.25 Å². The predicted molar refractivity (Wildman–Crippen MR) is 125 cm³/mol. The summed E-state index contributed by atoms with van der Waals surface area (Å²) in [4.78, 5) is 31.4. The average molecular weight is 456 g/mol. The van der Waals surface area contributed by atoms with Crippen LogP contribution in [0.3, 0.4) is 0 Å². The first-order valence-electron chi connectivity index (χ1n) is 10.6. The molecular formula is C23H25N3O5S. The molecule has 0 radical (unpaired) electrons. The SMILES string of the molecule is CCCOc1ccc(N2C(=O)C[C@H](SC(=NCC)Nc3ccc4c(c3)OCO4)C2=O)cc1. The maximum atomic E-state index is 13.1. The van der Waals surface area contributed by atoms with Crippen molar-refractivity contribution in [1.29, 1.82) is 0 Å². The first-order chi connectivity index (χ1) is 15.6. The highest BCUT2D eigenvalue weighted by atomic mass is 32.2. The second-order valence-corrected chi connectivity index (χ2v) is 8.38. The summed E-state index contributed by atoms with van der Waals surface area (Å²) in [5.74, 6) is 1.58. The Bertz CT molecular complexity index is 1020. The summed E-state index contributed by atoms with van der Waals surface area (Å²) >= 11 is 1.26. The van der Waals surface area contributed by atoms with Crippen LogP contribution in [0.15, 0.2) is 47.5 Å². The highest BCUT2D eigenvalue weighted by molar-refractivity contribution is 8.15. The summed E-state index contributed by atoms with van der Waals surface area (Å²) in [7, 11) is 0. The third-order valence-electron chi connectivity index (χ3n) is 4.85. The summed E-state index contributed by atoms with van der Waals surface area (Å²) in [6.45, 7) is 5.31. The molecule has 1 atom stereocenters. The minimum absolute atomic E-state index is 0.114. The Morgan fingerprint density at radius 3 is 2.69 bits per heavy atom. The van der Waals surface area contributed by atoms with Crippen LogP contribution >= 0.6 is 11.8 Å². The molecule has 9 heteroatoms. The minimum atomic E-state index is -0.551. The Morgan fingerprint density at radius 1 is 1.16 bits per heavy atom. The molecule has 2 aliphatic rings. The second kappa shape index (κ2) is 9.95. The van der Waals surface area contributed by atoms with Gasteiger partial charge < -0.3 is 19.5 Å². The van der Waals surface area contributed by atoms with Gasteiger partial charge in [0, 0.05) is 24.7 Å². The van der Waals surface area contributed by atoms with Crippen LogP contribution in [0.25, 0.3) is 0 Å². The molecule has 1 N–H and O–H groups in total. The number of imide groups is 1. The van der Waals surface area contributed by atoms with Crippen molar-refractivity contribution < 1.29 is 23.8 Å². The number of nitrogens with zero attached hydrogens (tertiary/aromatic N) is 2. The number of anilines is 2. The number of hydrogen-bond donors (Lipinski definition) is 1. The molecule has 2 aromatic rings. The molecule has 2 amide bonds. The fourth-order valence-corrected chi connectivity index (χ4v) is 4.44. The monoisotopic (exact) mass is 455 g/mol. The summed E-state index contributed by atoms with van der Waals surface area (Å²) < 4.78 is 16.3. The van der Waals surface area contributed by atoms with Gasteiger partial charge in [-0.15, -0.1) is 0 Å². The smallest absolute Gasteiger partial charge is 0.247 e. The van der Waals surface area contributed by atoms with Crippen LogP contribution in [0, 0.1) is 0 Å². The molecule has 2 aliphatic heterocycles. The van der Waals surface area contributed by atoms with E-state index in [0.29, 0.717) is 41.3 Å². The number of amidine groups is 1. The van der Waals surface area contributed by atoms with E-state index in [4.69, 9.17) is 14.2 Å². The third-order valence-corrected chi connectivity index (χ3v) is 5.96. The molecule has 2 heterocycles. The van der Waals surface area contributed by atoms with Gasteiger partial charge in [0.25, 0.3) is 0 Å². The maximum absolute atomic E-state index is 13.1. The number of amides is 2. The molecule has 32 heavy (non-hydrogen) atoms. The molecule has 0 aliphatic carbocycles. The minimum Gasteiger partial charge on any atom is -0.494 e. The molecule has 8 nitrogen and oxygen atoms in total. The largest absolute Gasteiger partial charge is 0.494 e. The zero-order valence-corrected chi connectivity index (χ0v) is 18.8. The normalized spacial score (nSPS) is 17.8. The van der Waals surface area contributed by atoms with Crippen LogP contribution in [0.4, 0.5) is 11.4 Å². The van der Waals surface area contributed by atoms with Gasteiger partial charge in [-0.1, -0.05) is 18.7 Å². The van der Waals surface area contributed by atoms with Gasteiger partial charge in [-0.3, -0.25) is 14.6 Å². The molecule has 4 rings (SSSR count). The number of nitrogens with one attached hydrogen (secondary N) is 1. The van der Waals surface area contributed by atoms with Crippen molar-refractivity contribution in [3.05, 3.63) is 42.5 Å². The molecule has 168 valence electrons. The summed E-state index contributed by atoms with van der Waals surface area (Å²) in [6.07, 6.45) is 1.02. The van der Waals surface area contributed by atoms with Crippen molar-refractivity contribution in [2.75, 3.05) is 30.2 Å². The lowest BCUT2D eigenvalue weighted by molar-refractivity contribution is -0.121. The quantitative estimate of drug-likeness (QED) is 0.383. The van der Waals surface area contributed by atoms with Gasteiger partial charge in [0.15, 0.2) is 16.7 Å². The molecular weight excluding hydrogens is 430 g/mol. The highest BCUT2D eigenvalue weighted by Crippen LogP contribution is 2.35. The van der Waals surface area contributed by atoms with Gasteiger partial charge >= 0.3 is 0 Å². The fourth-order valence-electron chi connectivity index (χ4n) is 3.36. The first kappa shape index (κ1) is 22.0. The number of hydrogen-bond acceptors (Lipinski definition) is 7. The van der Waals surface area contributed by atoms with Crippen molar-refractivity contribution in [3.63, 3.8) is 0 Å². The molecule has 0 bridgehead atoms. The molecule has 0 aromatic heterocycles. The van der Waals surface area contributed by atoms with Crippen LogP contribution in [0.1, 0.15) is 26.7 Å². The van der Waals surface area contributed by atoms with Crippen molar-refractivity contribution >= 4 is 40.1 Å². The van der Waals surface area contributed by atoms with Crippen molar-refractivity contribution in [2.45, 2.75) is 31.9 Å². The van der Waals surface area contributed by atoms with E-state index in [1.807, 2.05) is 32.0 Å². The number of ether oxygens (including phenoxy) is 3. The number of rotatable bonds is 7. The van der Waals surface area contributed by atoms with Gasteiger partial charge in [0.1, 0.15) is 11.0 Å². The van der Waals surface area contributed by atoms with E-state index in [-0.39, 0.29) is 25.0 Å². The van der Waals surface area contributed by atoms with Crippen molar-refractivity contribution in [3.8, 4) is 17.2 Å². The third kappa shape index (κ3) is 4.83. The Morgan fingerprint density at radius 2 is 1.94 bits per heavy atom. The fraction of sp³-hybridized carbons (Fsp3) is 0.348. The molecule has 2 aromatic carbocycles. The zero-order valence-electron chi connectivity index (χ0n) is 18.0. The number of benzene rings is 2. The van der Waals surface area contributed by atoms with E-state index >= 15 is 0 Å². The van der Waals surface area contributed by atoms with Crippen molar-refractivity contribution in [1.82, 2.24) is 0 Å². The molecule has 1 fully saturated rings. The highest BCUT2D eigenvalue weighted by Gasteiger charge is 2.40. The summed E-state index contributed by atoms with van der Waals surface area (Å²) in [5.41, 5.74) is 1.31. The molecule has 0 spiro atoms. The topological polar surface area (TPSA) is 89.5 Å². The van der Waals surface area contributed by atoms with Gasteiger partial charge in [0.2, 0.25) is 18.6 Å². The van der Waals surface area contributed by atoms with Crippen LogP contribution in [0.2, 0.25) is 0 Å². The lowest BCUT2D eigenvalue weighted by Crippen LogP contribution is -2.31. The number of fused-ring (bicyclic) bond motifs is 1. The number of aliphatic imine (C=N–C) groups is 1. The van der Waals surface area contributed by atoms with E-state index in [1.54, 1.807) is 24.3 Å². The van der Waals surface area contributed by atoms with E-state index in [2.05, 4.69) is 10.3 Å². The lowest BCUT2D eigenvalue weighted by atomic mass is 10.3. The van der Waals surface area contributed by atoms with E-state index in [0.717, 1.165) is 12.1 Å². The van der Waals surface area contributed by atoms with E-state index in [9.17, 15) is 9.59 Å². The molecule has 0 unspecified atom stereocenters. The molecule has 1 saturated heterocycles. The van der Waals surface area contributed by atoms with Crippen LogP contribution in [-0.4, -0.2) is 42.2 Å². The first-order valence-corrected chi connectivity index (χ1v) is 11.4. The molecule has 0 saturated carbocycles. The Balaban J connectivity index is 1.44. The zero-order chi connectivity index (χ0) is 22.5. The number of carbonyl (C=O) groups is 2. The van der Waals surface area contributed by atoms with Crippen LogP contribution < -0.4 is 24.4 Å². The Hall–Kier alpha value is -3.20. The van der Waals surface area contributed by atoms with E-state index in [1.165, 1.54) is 16.7 Å². The van der Waals surface area contributed by atoms with Gasteiger partial charge in [0.05, 0.1) is 12.3 Å². The van der Waals surface area contributed by atoms with Crippen LogP contribution in [-0.2, 0) is 9.59 Å². The maximum Gasteiger partial charge on any atom is 0.247 e. The average Bonchev–Trinajstić information content (AvgIpc) is 3.36. The number of carbonyl (C=O) groups excluding carboxylic acids is 2. The number of thioether (sulfide) groups is 1. The summed E-state index contributed by atoms with van der Waals surface area (Å²) in [6, 6.07) is 12.5. The van der Waals surface area contributed by atoms with Crippen LogP contribution in [0.5, 0.6) is 17.2 Å². The summed E-state index contributed by atoms with van der Waals surface area (Å²) in [5, 5.41) is 3.25. The van der Waals surface area contributed by atoms with Gasteiger partial charge in [-0.25, -0.2) is 4.90 Å². The Labute approximate surface area is 190 Å². The van der Waals surface area contributed by atoms with Crippen molar-refractivity contribution in [2.24, 2.45) is 4.99 Å². The van der Waals surface area contributed by atoms with Gasteiger partial charge in [-0.2, -0.15) is 0 Å². The lowest BCUT2D eigenvalue weighted by Gasteiger charge is -2.16. The standard InChI is InChI=1S/C23H25N3O5S/c1-3-11-29-17-8-6-16(7-9-17)26-21(27)13-20(22(26)28)32-23(24-4-2)25-15-5-10-18-19(12-15)31-14-30-18/h5-10,12,20H,3-4,11,13-14H2,1-2H3,(H,24,25)/t20-/m0/s1. The predicted octanol–water partition coefficient (Wildman–Crippen LogP) is 4.06. The Kier molecular flexibility index (Phi) is 6.84. The van der Waals surface area contributed by atoms with Gasteiger partial charge in [-0.05, 0) is 49.7 Å². The second-order valence-electron chi connectivity index (χ2n) is 7.19.